The molecule has 3 rings (SSSR count). The molecule has 1 unspecified atom stereocenters. The van der Waals surface area contributed by atoms with Crippen molar-refractivity contribution in [3.8, 4) is 11.5 Å². The van der Waals surface area contributed by atoms with Gasteiger partial charge >= 0.3 is 6.61 Å². The predicted octanol–water partition coefficient (Wildman–Crippen LogP) is 4.73. The van der Waals surface area contributed by atoms with E-state index in [0.717, 1.165) is 18.8 Å². The van der Waals surface area contributed by atoms with Crippen LogP contribution in [0.15, 0.2) is 42.5 Å². The number of ether oxygens (including phenoxy) is 2. The van der Waals surface area contributed by atoms with Crippen molar-refractivity contribution < 1.29 is 23.0 Å². The Balaban J connectivity index is 1.59. The first kappa shape index (κ1) is 21.7. The zero-order valence-electron chi connectivity index (χ0n) is 17.2. The normalized spacial score (nSPS) is 14.9. The van der Waals surface area contributed by atoms with Gasteiger partial charge in [-0.05, 0) is 62.6 Å². The molecule has 8 heteroatoms. The molecule has 0 bridgehead atoms. The lowest BCUT2D eigenvalue weighted by Gasteiger charge is -2.28. The highest BCUT2D eigenvalue weighted by Crippen LogP contribution is 2.31. The zero-order chi connectivity index (χ0) is 21.5. The summed E-state index contributed by atoms with van der Waals surface area (Å²) < 4.78 is 34.7. The van der Waals surface area contributed by atoms with Crippen molar-refractivity contribution in [2.75, 3.05) is 35.7 Å². The van der Waals surface area contributed by atoms with E-state index >= 15 is 0 Å². The molecule has 1 aliphatic rings. The van der Waals surface area contributed by atoms with E-state index in [9.17, 15) is 13.6 Å². The zero-order valence-corrected chi connectivity index (χ0v) is 17.2. The number of alkyl halides is 2. The maximum Gasteiger partial charge on any atom is 0.387 e. The van der Waals surface area contributed by atoms with E-state index in [1.165, 1.54) is 38.5 Å². The predicted molar refractivity (Wildman–Crippen MR) is 114 cm³/mol. The number of hydrogen-bond donors (Lipinski definition) is 2. The minimum absolute atomic E-state index is 0.0987. The maximum absolute atomic E-state index is 12.6. The number of carbonyl (C=O) groups excluding carboxylic acids is 1. The Labute approximate surface area is 175 Å². The van der Waals surface area contributed by atoms with Gasteiger partial charge in [0.15, 0.2) is 11.5 Å². The van der Waals surface area contributed by atoms with Gasteiger partial charge in [-0.25, -0.2) is 0 Å². The first-order chi connectivity index (χ1) is 14.5. The van der Waals surface area contributed by atoms with Crippen LogP contribution in [0.2, 0.25) is 0 Å². The molecule has 2 aromatic rings. The van der Waals surface area contributed by atoms with E-state index < -0.39 is 12.7 Å². The van der Waals surface area contributed by atoms with E-state index in [1.807, 2.05) is 24.3 Å². The van der Waals surface area contributed by atoms with Crippen LogP contribution < -0.4 is 25.0 Å². The van der Waals surface area contributed by atoms with Gasteiger partial charge in [-0.1, -0.05) is 0 Å². The largest absolute Gasteiger partial charge is 0.493 e. The highest BCUT2D eigenvalue weighted by Gasteiger charge is 2.16. The second kappa shape index (κ2) is 10.1. The number of rotatable bonds is 8. The fourth-order valence-electron chi connectivity index (χ4n) is 3.43. The van der Waals surface area contributed by atoms with Gasteiger partial charge in [-0.3, -0.25) is 4.79 Å². The van der Waals surface area contributed by atoms with E-state index in [0.29, 0.717) is 11.4 Å². The molecule has 2 N–H and O–H groups in total. The number of halogens is 2. The average molecular weight is 419 g/mol. The third-order valence-electron chi connectivity index (χ3n) is 5.01. The molecule has 0 saturated carbocycles. The molecule has 0 spiro atoms. The molecule has 162 valence electrons. The van der Waals surface area contributed by atoms with Crippen LogP contribution in [0, 0.1) is 0 Å². The third kappa shape index (κ3) is 5.75. The van der Waals surface area contributed by atoms with E-state index in [1.54, 1.807) is 13.0 Å². The Hall–Kier alpha value is -3.03. The van der Waals surface area contributed by atoms with Crippen molar-refractivity contribution in [3.05, 3.63) is 42.5 Å². The molecule has 1 aliphatic heterocycles. The van der Waals surface area contributed by atoms with Gasteiger partial charge in [0.1, 0.15) is 6.04 Å². The minimum atomic E-state index is -2.97. The van der Waals surface area contributed by atoms with Gasteiger partial charge in [0.2, 0.25) is 5.91 Å². The average Bonchev–Trinajstić information content (AvgIpc) is 2.74. The summed E-state index contributed by atoms with van der Waals surface area (Å²) in [6.07, 6.45) is 3.69. The SMILES string of the molecule is COc1ccc(NC(C)C(=O)Nc2ccc(N3CCCCC3)cc2)cc1OC(F)F. The molecule has 0 aromatic heterocycles. The molecule has 0 radical (unpaired) electrons. The summed E-state index contributed by atoms with van der Waals surface area (Å²) in [7, 11) is 1.37. The summed E-state index contributed by atoms with van der Waals surface area (Å²) in [5, 5.41) is 5.85. The Bertz CT molecular complexity index is 840. The van der Waals surface area contributed by atoms with Crippen molar-refractivity contribution in [2.45, 2.75) is 38.8 Å². The monoisotopic (exact) mass is 419 g/mol. The summed E-state index contributed by atoms with van der Waals surface area (Å²) >= 11 is 0. The topological polar surface area (TPSA) is 62.8 Å². The summed E-state index contributed by atoms with van der Waals surface area (Å²) in [5.41, 5.74) is 2.32. The molecule has 2 aromatic carbocycles. The fourth-order valence-corrected chi connectivity index (χ4v) is 3.43. The van der Waals surface area contributed by atoms with E-state index in [4.69, 9.17) is 4.74 Å². The summed E-state index contributed by atoms with van der Waals surface area (Å²) in [6.45, 7) is 0.843. The number of piperidine rings is 1. The molecular formula is C22H27F2N3O3. The lowest BCUT2D eigenvalue weighted by atomic mass is 10.1. The Morgan fingerprint density at radius 2 is 1.67 bits per heavy atom. The summed E-state index contributed by atoms with van der Waals surface area (Å²) in [6, 6.07) is 11.7. The van der Waals surface area contributed by atoms with Crippen LogP contribution in [0.4, 0.5) is 25.8 Å². The Morgan fingerprint density at radius 1 is 1.00 bits per heavy atom. The van der Waals surface area contributed by atoms with Gasteiger partial charge in [0, 0.05) is 36.2 Å². The van der Waals surface area contributed by atoms with Gasteiger partial charge in [-0.2, -0.15) is 8.78 Å². The van der Waals surface area contributed by atoms with E-state index in [2.05, 4.69) is 20.3 Å². The second-order valence-corrected chi connectivity index (χ2v) is 7.19. The molecular weight excluding hydrogens is 392 g/mol. The first-order valence-electron chi connectivity index (χ1n) is 10.0. The van der Waals surface area contributed by atoms with Gasteiger partial charge < -0.3 is 25.0 Å². The summed E-state index contributed by atoms with van der Waals surface area (Å²) in [4.78, 5) is 14.9. The molecule has 1 saturated heterocycles. The van der Waals surface area contributed by atoms with Gasteiger partial charge in [0.05, 0.1) is 7.11 Å². The third-order valence-corrected chi connectivity index (χ3v) is 5.01. The Morgan fingerprint density at radius 3 is 2.30 bits per heavy atom. The number of nitrogens with one attached hydrogen (secondary N) is 2. The fraction of sp³-hybridized carbons (Fsp3) is 0.409. The standard InChI is InChI=1S/C22H27F2N3O3/c1-15(25-17-8-11-19(29-2)20(14-17)30-22(23)24)21(28)26-16-6-9-18(10-7-16)27-12-4-3-5-13-27/h6-11,14-15,22,25H,3-5,12-13H2,1-2H3,(H,26,28). The van der Waals surface area contributed by atoms with E-state index in [-0.39, 0.29) is 17.4 Å². The molecule has 0 aliphatic carbocycles. The van der Waals surface area contributed by atoms with Crippen molar-refractivity contribution >= 4 is 23.0 Å². The second-order valence-electron chi connectivity index (χ2n) is 7.19. The minimum Gasteiger partial charge on any atom is -0.493 e. The lowest BCUT2D eigenvalue weighted by molar-refractivity contribution is -0.116. The van der Waals surface area contributed by atoms with Gasteiger partial charge in [0.25, 0.3) is 0 Å². The maximum atomic E-state index is 12.6. The van der Waals surface area contributed by atoms with Crippen molar-refractivity contribution in [2.24, 2.45) is 0 Å². The van der Waals surface area contributed by atoms with Crippen LogP contribution in [-0.2, 0) is 4.79 Å². The quantitative estimate of drug-likeness (QED) is 0.648. The highest BCUT2D eigenvalue weighted by atomic mass is 19.3. The van der Waals surface area contributed by atoms with Crippen LogP contribution >= 0.6 is 0 Å². The van der Waals surface area contributed by atoms with Crippen LogP contribution in [0.25, 0.3) is 0 Å². The van der Waals surface area contributed by atoms with Crippen LogP contribution in [0.1, 0.15) is 26.2 Å². The number of anilines is 3. The molecule has 30 heavy (non-hydrogen) atoms. The molecule has 6 nitrogen and oxygen atoms in total. The Kier molecular flexibility index (Phi) is 7.32. The molecule has 1 fully saturated rings. The highest BCUT2D eigenvalue weighted by molar-refractivity contribution is 5.96. The number of amides is 1. The number of benzene rings is 2. The lowest BCUT2D eigenvalue weighted by Crippen LogP contribution is -2.32. The number of nitrogens with zero attached hydrogens (tertiary/aromatic N) is 1. The number of carbonyl (C=O) groups is 1. The van der Waals surface area contributed by atoms with Crippen LogP contribution in [0.5, 0.6) is 11.5 Å². The smallest absolute Gasteiger partial charge is 0.387 e. The van der Waals surface area contributed by atoms with Crippen molar-refractivity contribution in [1.29, 1.82) is 0 Å². The number of methoxy groups -OCH3 is 1. The van der Waals surface area contributed by atoms with Crippen LogP contribution in [-0.4, -0.2) is 38.8 Å². The molecule has 1 atom stereocenters. The van der Waals surface area contributed by atoms with Crippen LogP contribution in [0.3, 0.4) is 0 Å². The molecule has 1 heterocycles. The van der Waals surface area contributed by atoms with Crippen molar-refractivity contribution in [1.82, 2.24) is 0 Å². The summed E-state index contributed by atoms with van der Waals surface area (Å²) in [5.74, 6) is -0.155. The number of hydrogen-bond acceptors (Lipinski definition) is 5. The molecule has 1 amide bonds. The first-order valence-corrected chi connectivity index (χ1v) is 10.0. The van der Waals surface area contributed by atoms with Gasteiger partial charge in [-0.15, -0.1) is 0 Å². The van der Waals surface area contributed by atoms with Crippen molar-refractivity contribution in [3.63, 3.8) is 0 Å².